The van der Waals surface area contributed by atoms with E-state index >= 15 is 0 Å². The van der Waals surface area contributed by atoms with Gasteiger partial charge in [-0.2, -0.15) is 0 Å². The molecule has 2 rings (SSSR count). The monoisotopic (exact) mass is 276 g/mol. The highest BCUT2D eigenvalue weighted by atomic mass is 16.5. The van der Waals surface area contributed by atoms with Gasteiger partial charge in [-0.3, -0.25) is 4.79 Å². The molecule has 1 aromatic heterocycles. The molecule has 0 radical (unpaired) electrons. The molecule has 1 aromatic carbocycles. The maximum Gasteiger partial charge on any atom is 0.328 e. The summed E-state index contributed by atoms with van der Waals surface area (Å²) < 4.78 is 9.94. The predicted molar refractivity (Wildman–Crippen MR) is 72.0 cm³/mol. The minimum absolute atomic E-state index is 0.0563. The molecule has 1 amide bonds. The number of ether oxygens (including phenoxy) is 1. The normalized spacial score (nSPS) is 12.1. The second-order valence-electron chi connectivity index (χ2n) is 4.34. The van der Waals surface area contributed by atoms with Crippen LogP contribution in [0.4, 0.5) is 0 Å². The van der Waals surface area contributed by atoms with Gasteiger partial charge in [0, 0.05) is 5.39 Å². The van der Waals surface area contributed by atoms with E-state index in [4.69, 9.17) is 9.26 Å². The molecule has 106 valence electrons. The highest BCUT2D eigenvalue weighted by molar-refractivity contribution is 5.88. The highest BCUT2D eigenvalue weighted by Crippen LogP contribution is 2.17. The molecule has 1 atom stereocenters. The van der Waals surface area contributed by atoms with E-state index in [2.05, 4.69) is 10.5 Å². The SMILES string of the molecule is CCOC(=O)C(C)NC(=O)Cc1noc2ccccc12. The molecule has 1 N–H and O–H groups in total. The van der Waals surface area contributed by atoms with E-state index in [0.717, 1.165) is 5.39 Å². The Hall–Kier alpha value is -2.37. The van der Waals surface area contributed by atoms with Gasteiger partial charge in [0.25, 0.3) is 0 Å². The largest absolute Gasteiger partial charge is 0.464 e. The van der Waals surface area contributed by atoms with Crippen molar-refractivity contribution in [3.63, 3.8) is 0 Å². The minimum Gasteiger partial charge on any atom is -0.464 e. The maximum atomic E-state index is 11.9. The average Bonchev–Trinajstić information content (AvgIpc) is 2.82. The van der Waals surface area contributed by atoms with Crippen LogP contribution in [-0.2, 0) is 20.7 Å². The number of esters is 1. The molecule has 0 aliphatic rings. The van der Waals surface area contributed by atoms with Crippen LogP contribution in [0.5, 0.6) is 0 Å². The zero-order valence-electron chi connectivity index (χ0n) is 11.4. The smallest absolute Gasteiger partial charge is 0.328 e. The van der Waals surface area contributed by atoms with Gasteiger partial charge in [0.15, 0.2) is 5.58 Å². The number of carbonyl (C=O) groups is 2. The standard InChI is InChI=1S/C14H16N2O4/c1-3-19-14(18)9(2)15-13(17)8-11-10-6-4-5-7-12(10)20-16-11/h4-7,9H,3,8H2,1-2H3,(H,15,17). The first-order valence-corrected chi connectivity index (χ1v) is 6.41. The third kappa shape index (κ3) is 3.14. The molecule has 0 saturated carbocycles. The van der Waals surface area contributed by atoms with Crippen LogP contribution < -0.4 is 5.32 Å². The zero-order valence-corrected chi connectivity index (χ0v) is 11.4. The fourth-order valence-corrected chi connectivity index (χ4v) is 1.84. The van der Waals surface area contributed by atoms with Crippen LogP contribution in [-0.4, -0.2) is 29.7 Å². The molecule has 0 saturated heterocycles. The average molecular weight is 276 g/mol. The van der Waals surface area contributed by atoms with Gasteiger partial charge in [-0.15, -0.1) is 0 Å². The second kappa shape index (κ2) is 6.18. The number of nitrogens with one attached hydrogen (secondary N) is 1. The van der Waals surface area contributed by atoms with E-state index in [9.17, 15) is 9.59 Å². The summed E-state index contributed by atoms with van der Waals surface area (Å²) in [6.45, 7) is 3.58. The molecule has 6 heteroatoms. The Kier molecular flexibility index (Phi) is 4.34. The van der Waals surface area contributed by atoms with Gasteiger partial charge >= 0.3 is 5.97 Å². The van der Waals surface area contributed by atoms with Crippen LogP contribution in [0, 0.1) is 0 Å². The van der Waals surface area contributed by atoms with Crippen LogP contribution in [0.2, 0.25) is 0 Å². The molecule has 0 aliphatic carbocycles. The lowest BCUT2D eigenvalue weighted by Gasteiger charge is -2.11. The van der Waals surface area contributed by atoms with Gasteiger partial charge in [0.2, 0.25) is 5.91 Å². The van der Waals surface area contributed by atoms with E-state index in [0.29, 0.717) is 11.3 Å². The number of hydrogen-bond donors (Lipinski definition) is 1. The highest BCUT2D eigenvalue weighted by Gasteiger charge is 2.18. The first-order chi connectivity index (χ1) is 9.61. The van der Waals surface area contributed by atoms with E-state index in [1.165, 1.54) is 0 Å². The van der Waals surface area contributed by atoms with Crippen molar-refractivity contribution >= 4 is 22.8 Å². The Bertz CT molecular complexity index is 620. The Morgan fingerprint density at radius 3 is 2.90 bits per heavy atom. The minimum atomic E-state index is -0.680. The van der Waals surface area contributed by atoms with Crippen molar-refractivity contribution in [1.82, 2.24) is 10.5 Å². The Morgan fingerprint density at radius 2 is 2.15 bits per heavy atom. The summed E-state index contributed by atoms with van der Waals surface area (Å²) in [6, 6.07) is 6.62. The number of fused-ring (bicyclic) bond motifs is 1. The van der Waals surface area contributed by atoms with Crippen molar-refractivity contribution in [3.8, 4) is 0 Å². The summed E-state index contributed by atoms with van der Waals surface area (Å²) in [5.74, 6) is -0.754. The number of amides is 1. The van der Waals surface area contributed by atoms with E-state index in [1.807, 2.05) is 18.2 Å². The summed E-state index contributed by atoms with van der Waals surface area (Å²) in [7, 11) is 0. The molecular formula is C14H16N2O4. The summed E-state index contributed by atoms with van der Waals surface area (Å²) in [5, 5.41) is 7.24. The fraction of sp³-hybridized carbons (Fsp3) is 0.357. The van der Waals surface area contributed by atoms with Gasteiger partial charge in [-0.05, 0) is 26.0 Å². The number of benzene rings is 1. The van der Waals surface area contributed by atoms with Crippen molar-refractivity contribution in [2.45, 2.75) is 26.3 Å². The molecule has 20 heavy (non-hydrogen) atoms. The van der Waals surface area contributed by atoms with Crippen molar-refractivity contribution < 1.29 is 18.8 Å². The molecule has 1 unspecified atom stereocenters. The van der Waals surface area contributed by atoms with Crippen LogP contribution in [0.25, 0.3) is 11.0 Å². The lowest BCUT2D eigenvalue weighted by Crippen LogP contribution is -2.40. The van der Waals surface area contributed by atoms with Gasteiger partial charge in [0.1, 0.15) is 11.7 Å². The van der Waals surface area contributed by atoms with E-state index in [-0.39, 0.29) is 18.9 Å². The van der Waals surface area contributed by atoms with Gasteiger partial charge < -0.3 is 14.6 Å². The number of para-hydroxylation sites is 1. The van der Waals surface area contributed by atoms with Crippen LogP contribution in [0.15, 0.2) is 28.8 Å². The Balaban J connectivity index is 1.99. The number of hydrogen-bond acceptors (Lipinski definition) is 5. The zero-order chi connectivity index (χ0) is 14.5. The summed E-state index contributed by atoms with van der Waals surface area (Å²) in [5.41, 5.74) is 1.18. The number of aromatic nitrogens is 1. The summed E-state index contributed by atoms with van der Waals surface area (Å²) in [6.07, 6.45) is 0.0563. The molecule has 1 heterocycles. The first-order valence-electron chi connectivity index (χ1n) is 6.41. The molecular weight excluding hydrogens is 260 g/mol. The van der Waals surface area contributed by atoms with Gasteiger partial charge in [0.05, 0.1) is 13.0 Å². The second-order valence-corrected chi connectivity index (χ2v) is 4.34. The number of carbonyl (C=O) groups excluding carboxylic acids is 2. The van der Waals surface area contributed by atoms with Crippen molar-refractivity contribution in [2.75, 3.05) is 6.61 Å². The Morgan fingerprint density at radius 1 is 1.40 bits per heavy atom. The lowest BCUT2D eigenvalue weighted by molar-refractivity contribution is -0.146. The first kappa shape index (κ1) is 14.0. The lowest BCUT2D eigenvalue weighted by atomic mass is 10.1. The van der Waals surface area contributed by atoms with Crippen molar-refractivity contribution in [3.05, 3.63) is 30.0 Å². The van der Waals surface area contributed by atoms with Crippen LogP contribution in [0.3, 0.4) is 0 Å². The van der Waals surface area contributed by atoms with Crippen molar-refractivity contribution in [1.29, 1.82) is 0 Å². The van der Waals surface area contributed by atoms with Crippen molar-refractivity contribution in [2.24, 2.45) is 0 Å². The number of nitrogens with zero attached hydrogens (tertiary/aromatic N) is 1. The van der Waals surface area contributed by atoms with E-state index in [1.54, 1.807) is 19.9 Å². The van der Waals surface area contributed by atoms with E-state index < -0.39 is 12.0 Å². The summed E-state index contributed by atoms with van der Waals surface area (Å²) >= 11 is 0. The van der Waals surface area contributed by atoms with Gasteiger partial charge in [-0.25, -0.2) is 4.79 Å². The van der Waals surface area contributed by atoms with Gasteiger partial charge in [-0.1, -0.05) is 17.3 Å². The molecule has 0 aliphatic heterocycles. The third-order valence-electron chi connectivity index (χ3n) is 2.80. The Labute approximate surface area is 116 Å². The molecule has 6 nitrogen and oxygen atoms in total. The van der Waals surface area contributed by atoms with Crippen LogP contribution >= 0.6 is 0 Å². The molecule has 0 bridgehead atoms. The van der Waals surface area contributed by atoms with Crippen LogP contribution in [0.1, 0.15) is 19.5 Å². The molecule has 2 aromatic rings. The quantitative estimate of drug-likeness (QED) is 0.836. The maximum absolute atomic E-state index is 11.9. The molecule has 0 spiro atoms. The fourth-order valence-electron chi connectivity index (χ4n) is 1.84. The number of rotatable bonds is 5. The molecule has 0 fully saturated rings. The third-order valence-corrected chi connectivity index (χ3v) is 2.80. The summed E-state index contributed by atoms with van der Waals surface area (Å²) in [4.78, 5) is 23.3. The topological polar surface area (TPSA) is 81.4 Å². The predicted octanol–water partition coefficient (Wildman–Crippen LogP) is 1.44.